The zero-order valence-electron chi connectivity index (χ0n) is 27.2. The number of aromatic amines is 1. The maximum atomic E-state index is 3.88. The quantitative estimate of drug-likeness (QED) is 0.201. The molecule has 1 N–H and O–H groups in total. The van der Waals surface area contributed by atoms with Gasteiger partial charge in [0.05, 0.1) is 22.1 Å². The van der Waals surface area contributed by atoms with Gasteiger partial charge in [-0.1, -0.05) is 121 Å². The molecule has 232 valence electrons. The van der Waals surface area contributed by atoms with Crippen LogP contribution in [0.25, 0.3) is 104 Å². The van der Waals surface area contributed by atoms with E-state index in [9.17, 15) is 0 Å². The third-order valence-electron chi connectivity index (χ3n) is 11.1. The van der Waals surface area contributed by atoms with E-state index in [2.05, 4.69) is 162 Å². The van der Waals surface area contributed by atoms with E-state index in [0.717, 1.165) is 0 Å². The summed E-state index contributed by atoms with van der Waals surface area (Å²) in [5.74, 6) is 0. The summed E-state index contributed by atoms with van der Waals surface area (Å²) >= 11 is 1.94. The lowest BCUT2D eigenvalue weighted by molar-refractivity contribution is 1.25. The van der Waals surface area contributed by atoms with Crippen molar-refractivity contribution < 1.29 is 0 Å². The van der Waals surface area contributed by atoms with Crippen LogP contribution in [0.5, 0.6) is 0 Å². The largest absolute Gasteiger partial charge is 0.354 e. The van der Waals surface area contributed by atoms with E-state index in [0.29, 0.717) is 0 Å². The number of nitrogens with zero attached hydrogens (tertiary/aromatic N) is 1. The minimum atomic E-state index is 1.18. The van der Waals surface area contributed by atoms with Gasteiger partial charge in [-0.05, 0) is 81.9 Å². The highest BCUT2D eigenvalue weighted by atomic mass is 32.2. The molecule has 11 aromatic rings. The van der Waals surface area contributed by atoms with Crippen LogP contribution in [0.1, 0.15) is 5.56 Å². The first-order valence-electron chi connectivity index (χ1n) is 17.3. The van der Waals surface area contributed by atoms with E-state index in [1.54, 1.807) is 0 Å². The van der Waals surface area contributed by atoms with Gasteiger partial charge in [0.1, 0.15) is 0 Å². The maximum absolute atomic E-state index is 3.88. The van der Waals surface area contributed by atoms with Crippen molar-refractivity contribution >= 4 is 82.4 Å². The van der Waals surface area contributed by atoms with Crippen LogP contribution >= 0.6 is 11.8 Å². The summed E-state index contributed by atoms with van der Waals surface area (Å²) in [4.78, 5) is 6.52. The van der Waals surface area contributed by atoms with Gasteiger partial charge >= 0.3 is 0 Å². The van der Waals surface area contributed by atoms with Crippen LogP contribution in [0.3, 0.4) is 0 Å². The predicted molar refractivity (Wildman–Crippen MR) is 213 cm³/mol. The monoisotopic (exact) mass is 652 g/mol. The molecule has 0 unspecified atom stereocenters. The van der Waals surface area contributed by atoms with Crippen molar-refractivity contribution in [3.05, 3.63) is 151 Å². The van der Waals surface area contributed by atoms with Crippen molar-refractivity contribution in [3.63, 3.8) is 0 Å². The summed E-state index contributed by atoms with van der Waals surface area (Å²) < 4.78 is 2.61. The van der Waals surface area contributed by atoms with E-state index in [4.69, 9.17) is 0 Å². The number of para-hydroxylation sites is 1. The van der Waals surface area contributed by atoms with Crippen LogP contribution in [-0.4, -0.2) is 9.38 Å². The SMILES string of the molecule is Cc1cc(-c2cccc3c2[nH]c2ccc4ccccc4c23)c2c3c1c1cc(-c4ccccc4)cc4c5cc(-c6ccccc6)cc(c5n3c41)S2. The molecule has 2 nitrogen and oxygen atoms in total. The second-order valence-corrected chi connectivity index (χ2v) is 14.9. The molecule has 0 bridgehead atoms. The molecule has 50 heavy (non-hydrogen) atoms. The number of H-pyrrole nitrogens is 1. The van der Waals surface area contributed by atoms with Gasteiger partial charge in [0, 0.05) is 58.8 Å². The molecule has 0 saturated carbocycles. The van der Waals surface area contributed by atoms with Crippen LogP contribution in [0.4, 0.5) is 0 Å². The Labute approximate surface area is 291 Å². The molecule has 0 atom stereocenters. The standard InChI is InChI=1S/C47H28N2S/c1-26-21-37(33-17-10-18-34-42-32-16-9-8-15-29(32)19-20-39(42)48-43(33)34)47-46-41(26)38-24-30(27-11-4-2-5-12-27)22-35-36-23-31(28-13-6-3-7-14-28)25-40(50-47)45(36)49(46)44(35)38/h2-25,48H,1H3. The topological polar surface area (TPSA) is 20.2 Å². The van der Waals surface area contributed by atoms with Crippen molar-refractivity contribution in [2.45, 2.75) is 16.7 Å². The Morgan fingerprint density at radius 1 is 0.480 bits per heavy atom. The number of fused-ring (bicyclic) bond motifs is 7. The Kier molecular flexibility index (Phi) is 5.14. The summed E-state index contributed by atoms with van der Waals surface area (Å²) in [6.45, 7) is 2.31. The van der Waals surface area contributed by atoms with Crippen molar-refractivity contribution in [1.82, 2.24) is 9.38 Å². The smallest absolute Gasteiger partial charge is 0.0690 e. The fourth-order valence-corrected chi connectivity index (χ4v) is 10.3. The van der Waals surface area contributed by atoms with Crippen LogP contribution in [0.2, 0.25) is 0 Å². The van der Waals surface area contributed by atoms with Crippen LogP contribution in [0, 0.1) is 6.92 Å². The van der Waals surface area contributed by atoms with E-state index < -0.39 is 0 Å². The molecule has 1 aliphatic rings. The highest BCUT2D eigenvalue weighted by molar-refractivity contribution is 8.00. The van der Waals surface area contributed by atoms with Crippen LogP contribution in [-0.2, 0) is 0 Å². The molecule has 0 fully saturated rings. The molecule has 0 amide bonds. The molecular formula is C47H28N2S. The maximum Gasteiger partial charge on any atom is 0.0690 e. The Morgan fingerprint density at radius 2 is 1.16 bits per heavy atom. The van der Waals surface area contributed by atoms with Gasteiger partial charge in [0.25, 0.3) is 0 Å². The number of rotatable bonds is 3. The average Bonchev–Trinajstić information content (AvgIpc) is 3.84. The Bertz CT molecular complexity index is 3220. The first-order chi connectivity index (χ1) is 24.7. The van der Waals surface area contributed by atoms with Crippen molar-refractivity contribution in [2.75, 3.05) is 0 Å². The van der Waals surface area contributed by atoms with Crippen molar-refractivity contribution in [2.24, 2.45) is 0 Å². The summed E-state index contributed by atoms with van der Waals surface area (Å²) in [5, 5.41) is 10.5. The highest BCUT2D eigenvalue weighted by Crippen LogP contribution is 2.55. The summed E-state index contributed by atoms with van der Waals surface area (Å²) in [6.07, 6.45) is 0. The Hall–Kier alpha value is -6.03. The number of aryl methyl sites for hydroxylation is 1. The minimum Gasteiger partial charge on any atom is -0.354 e. The molecule has 12 rings (SSSR count). The Morgan fingerprint density at radius 3 is 1.96 bits per heavy atom. The molecule has 0 spiro atoms. The lowest BCUT2D eigenvalue weighted by atomic mass is 9.94. The first kappa shape index (κ1) is 26.9. The van der Waals surface area contributed by atoms with Gasteiger partial charge in [0.2, 0.25) is 0 Å². The Balaban J connectivity index is 1.23. The fraction of sp³-hybridized carbons (Fsp3) is 0.0213. The molecule has 0 saturated heterocycles. The zero-order chi connectivity index (χ0) is 32.7. The minimum absolute atomic E-state index is 1.18. The second kappa shape index (κ2) is 9.56. The second-order valence-electron chi connectivity index (χ2n) is 13.8. The van der Waals surface area contributed by atoms with Gasteiger partial charge in [-0.15, -0.1) is 0 Å². The number of hydrogen-bond acceptors (Lipinski definition) is 1. The van der Waals surface area contributed by atoms with E-state index in [-0.39, 0.29) is 0 Å². The third kappa shape index (κ3) is 3.40. The number of benzene rings is 8. The van der Waals surface area contributed by atoms with E-state index in [1.807, 2.05) is 11.8 Å². The molecule has 0 radical (unpaired) electrons. The molecule has 1 aliphatic heterocycles. The predicted octanol–water partition coefficient (Wildman–Crippen LogP) is 13.4. The van der Waals surface area contributed by atoms with Gasteiger partial charge in [-0.2, -0.15) is 0 Å². The van der Waals surface area contributed by atoms with Gasteiger partial charge in [0.15, 0.2) is 0 Å². The molecule has 4 heterocycles. The van der Waals surface area contributed by atoms with E-state index >= 15 is 0 Å². The summed E-state index contributed by atoms with van der Waals surface area (Å²) in [6, 6.07) is 53.9. The number of aromatic nitrogens is 2. The number of nitrogens with one attached hydrogen (secondary N) is 1. The lowest BCUT2D eigenvalue weighted by Crippen LogP contribution is -1.97. The fourth-order valence-electron chi connectivity index (χ4n) is 8.99. The highest BCUT2D eigenvalue weighted by Gasteiger charge is 2.30. The third-order valence-corrected chi connectivity index (χ3v) is 12.3. The van der Waals surface area contributed by atoms with Crippen molar-refractivity contribution in [1.29, 1.82) is 0 Å². The molecule has 3 aromatic heterocycles. The summed E-state index contributed by atoms with van der Waals surface area (Å²) in [7, 11) is 0. The van der Waals surface area contributed by atoms with Crippen LogP contribution in [0.15, 0.2) is 155 Å². The van der Waals surface area contributed by atoms with Gasteiger partial charge in [-0.3, -0.25) is 0 Å². The van der Waals surface area contributed by atoms with Gasteiger partial charge < -0.3 is 9.38 Å². The summed E-state index contributed by atoms with van der Waals surface area (Å²) in [5.41, 5.74) is 15.2. The molecular weight excluding hydrogens is 625 g/mol. The zero-order valence-corrected chi connectivity index (χ0v) is 28.0. The molecule has 8 aromatic carbocycles. The van der Waals surface area contributed by atoms with Gasteiger partial charge in [-0.25, -0.2) is 0 Å². The normalized spacial score (nSPS) is 12.8. The average molecular weight is 653 g/mol. The first-order valence-corrected chi connectivity index (χ1v) is 18.1. The molecule has 3 heteroatoms. The number of hydrogen-bond donors (Lipinski definition) is 1. The van der Waals surface area contributed by atoms with Crippen molar-refractivity contribution in [3.8, 4) is 33.4 Å². The van der Waals surface area contributed by atoms with E-state index in [1.165, 1.54) is 119 Å². The van der Waals surface area contributed by atoms with Crippen LogP contribution < -0.4 is 0 Å². The molecule has 0 aliphatic carbocycles. The lowest BCUT2D eigenvalue weighted by Gasteiger charge is -2.20.